The molecule has 0 aromatic rings. The fraction of sp³-hybridized carbons (Fsp3) is 1.00. The average Bonchev–Trinajstić information content (AvgIpc) is 1.37. The highest BCUT2D eigenvalue weighted by Gasteiger charge is 1.29. The van der Waals surface area contributed by atoms with Crippen LogP contribution < -0.4 is 0 Å². The summed E-state index contributed by atoms with van der Waals surface area (Å²) in [7, 11) is 2.94. The fourth-order valence-electron chi connectivity index (χ4n) is 0. The maximum absolute atomic E-state index is 2.14. The summed E-state index contributed by atoms with van der Waals surface area (Å²) < 4.78 is 0. The molecule has 0 amide bonds. The molecule has 0 saturated carbocycles. The minimum absolute atomic E-state index is 1.47. The van der Waals surface area contributed by atoms with Crippen molar-refractivity contribution in [1.82, 2.24) is 0 Å². The second-order valence-electron chi connectivity index (χ2n) is 0.400. The van der Waals surface area contributed by atoms with E-state index in [1.807, 2.05) is 0 Å². The zero-order chi connectivity index (χ0) is 3.41. The quantitative estimate of drug-likeness (QED) is 0.383. The van der Waals surface area contributed by atoms with Crippen LogP contribution in [0.15, 0.2) is 0 Å². The molecule has 0 unspecified atom stereocenters. The Morgan fingerprint density at radius 3 is 1.25 bits per heavy atom. The molecule has 0 aliphatic rings. The van der Waals surface area contributed by atoms with Crippen LogP contribution in [0.4, 0.5) is 0 Å². The second-order valence-corrected chi connectivity index (χ2v) is 3.60. The van der Waals surface area contributed by atoms with E-state index in [1.54, 1.807) is 0 Å². The number of rotatable bonds is 0. The molecular formula is C2H8S2. The first-order chi connectivity index (χ1) is 1.91. The van der Waals surface area contributed by atoms with E-state index in [2.05, 4.69) is 12.5 Å². The smallest absolute Gasteiger partial charge is 0.0215 e. The van der Waals surface area contributed by atoms with E-state index in [4.69, 9.17) is 0 Å². The summed E-state index contributed by atoms with van der Waals surface area (Å²) in [5.74, 6) is 0. The first kappa shape index (κ1) is 4.70. The molecule has 0 aliphatic heterocycles. The molecule has 0 fully saturated rings. The monoisotopic (exact) mass is 96.0 g/mol. The fourth-order valence-corrected chi connectivity index (χ4v) is 0. The standard InChI is InChI=1S/C2H8S2/c1-3-4-2/h3-4H,1-2H3. The van der Waals surface area contributed by atoms with Crippen molar-refractivity contribution >= 4 is 20.6 Å². The van der Waals surface area contributed by atoms with Gasteiger partial charge in [-0.15, -0.1) is 0 Å². The Labute approximate surface area is 33.8 Å². The molecule has 0 heterocycles. The Bertz CT molecular complexity index is 19.2. The molecule has 0 atom stereocenters. The van der Waals surface area contributed by atoms with Crippen molar-refractivity contribution in [2.75, 3.05) is 12.5 Å². The van der Waals surface area contributed by atoms with E-state index in [0.29, 0.717) is 0 Å². The largest absolute Gasteiger partial charge is 0.183 e. The van der Waals surface area contributed by atoms with Crippen molar-refractivity contribution in [3.05, 3.63) is 0 Å². The normalized spacial score (nSPS) is 13.5. The van der Waals surface area contributed by atoms with Gasteiger partial charge in [0.2, 0.25) is 0 Å². The third kappa shape index (κ3) is 2.70. The van der Waals surface area contributed by atoms with Gasteiger partial charge < -0.3 is 0 Å². The van der Waals surface area contributed by atoms with Crippen molar-refractivity contribution in [1.29, 1.82) is 0 Å². The molecule has 2 heteroatoms. The molecule has 0 rings (SSSR count). The summed E-state index contributed by atoms with van der Waals surface area (Å²) in [5, 5.41) is 0. The lowest BCUT2D eigenvalue weighted by Crippen LogP contribution is -1.49. The van der Waals surface area contributed by atoms with Crippen LogP contribution in [0, 0.1) is 0 Å². The zero-order valence-electron chi connectivity index (χ0n) is 2.89. The summed E-state index contributed by atoms with van der Waals surface area (Å²) in [6.07, 6.45) is 4.28. The second kappa shape index (κ2) is 3.70. The maximum Gasteiger partial charge on any atom is -0.0215 e. The lowest BCUT2D eigenvalue weighted by Gasteiger charge is -1.55. The molecule has 0 aliphatic carbocycles. The van der Waals surface area contributed by atoms with Gasteiger partial charge in [0, 0.05) is 0 Å². The maximum atomic E-state index is 2.14. The van der Waals surface area contributed by atoms with Gasteiger partial charge >= 0.3 is 0 Å². The van der Waals surface area contributed by atoms with Gasteiger partial charge in [0.1, 0.15) is 0 Å². The Morgan fingerprint density at radius 2 is 1.25 bits per heavy atom. The van der Waals surface area contributed by atoms with Gasteiger partial charge in [0.25, 0.3) is 0 Å². The van der Waals surface area contributed by atoms with E-state index in [0.717, 1.165) is 0 Å². The molecule has 0 aromatic heterocycles. The molecule has 0 nitrogen and oxygen atoms in total. The predicted octanol–water partition coefficient (Wildman–Crippen LogP) is -0.209. The SMILES string of the molecule is C[SH]=[SH]C. The molecular weight excluding hydrogens is 88.2 g/mol. The Kier molecular flexibility index (Phi) is 4.35. The summed E-state index contributed by atoms with van der Waals surface area (Å²) >= 11 is 0. The van der Waals surface area contributed by atoms with E-state index < -0.39 is 0 Å². The van der Waals surface area contributed by atoms with Crippen LogP contribution in [0.2, 0.25) is 0 Å². The van der Waals surface area contributed by atoms with E-state index in [1.165, 1.54) is 20.6 Å². The summed E-state index contributed by atoms with van der Waals surface area (Å²) in [4.78, 5) is 0. The van der Waals surface area contributed by atoms with E-state index >= 15 is 0 Å². The van der Waals surface area contributed by atoms with Crippen LogP contribution >= 0.6 is 0 Å². The van der Waals surface area contributed by atoms with Gasteiger partial charge in [0.05, 0.1) is 0 Å². The van der Waals surface area contributed by atoms with Crippen LogP contribution in [0.25, 0.3) is 0 Å². The number of thiol groups is 2. The third-order valence-electron chi connectivity index (χ3n) is 0.200. The highest BCUT2D eigenvalue weighted by molar-refractivity contribution is 8.25. The van der Waals surface area contributed by atoms with Gasteiger partial charge in [-0.1, -0.05) is 0 Å². The lowest BCUT2D eigenvalue weighted by molar-refractivity contribution is 2.51. The molecule has 4 heavy (non-hydrogen) atoms. The third-order valence-corrected chi connectivity index (χ3v) is 1.80. The molecule has 0 radical (unpaired) electrons. The van der Waals surface area contributed by atoms with E-state index in [9.17, 15) is 0 Å². The highest BCUT2D eigenvalue weighted by Crippen LogP contribution is 1.35. The van der Waals surface area contributed by atoms with Gasteiger partial charge in [-0.3, -0.25) is 0 Å². The minimum atomic E-state index is 1.47. The topological polar surface area (TPSA) is 0 Å². The highest BCUT2D eigenvalue weighted by atomic mass is 32.8. The number of hydrogen-bond acceptors (Lipinski definition) is 0. The number of hydrogen-bond donors (Lipinski definition) is 2. The van der Waals surface area contributed by atoms with Crippen LogP contribution in [0.1, 0.15) is 0 Å². The van der Waals surface area contributed by atoms with Gasteiger partial charge in [-0.2, -0.15) is 20.6 Å². The molecule has 28 valence electrons. The predicted molar refractivity (Wildman–Crippen MR) is 29.4 cm³/mol. The Balaban J connectivity index is 2.55. The average molecular weight is 96.2 g/mol. The van der Waals surface area contributed by atoms with Crippen LogP contribution in [-0.2, 0) is 20.6 Å². The molecule has 0 saturated heterocycles. The minimum Gasteiger partial charge on any atom is -0.183 e. The van der Waals surface area contributed by atoms with Gasteiger partial charge in [-0.25, -0.2) is 0 Å². The van der Waals surface area contributed by atoms with Crippen LogP contribution in [0.5, 0.6) is 0 Å². The van der Waals surface area contributed by atoms with Gasteiger partial charge in [0.15, 0.2) is 0 Å². The van der Waals surface area contributed by atoms with Gasteiger partial charge in [-0.05, 0) is 12.5 Å². The summed E-state index contributed by atoms with van der Waals surface area (Å²) in [6, 6.07) is 0. The Morgan fingerprint density at radius 1 is 1.00 bits per heavy atom. The zero-order valence-corrected chi connectivity index (χ0v) is 4.68. The van der Waals surface area contributed by atoms with Crippen molar-refractivity contribution in [3.8, 4) is 0 Å². The van der Waals surface area contributed by atoms with Crippen LogP contribution in [0.3, 0.4) is 0 Å². The lowest BCUT2D eigenvalue weighted by atomic mass is 12.0. The van der Waals surface area contributed by atoms with E-state index in [-0.39, 0.29) is 0 Å². The molecule has 0 spiro atoms. The molecule has 0 aromatic carbocycles. The Hall–Kier alpha value is 0.700. The molecule has 0 N–H and O–H groups in total. The first-order valence-corrected chi connectivity index (χ1v) is 4.48. The first-order valence-electron chi connectivity index (χ1n) is 1.09. The van der Waals surface area contributed by atoms with Crippen molar-refractivity contribution < 1.29 is 0 Å². The summed E-state index contributed by atoms with van der Waals surface area (Å²) in [5.41, 5.74) is 0. The van der Waals surface area contributed by atoms with Crippen molar-refractivity contribution in [2.24, 2.45) is 0 Å². The van der Waals surface area contributed by atoms with Crippen molar-refractivity contribution in [3.63, 3.8) is 0 Å². The molecule has 0 bridgehead atoms. The summed E-state index contributed by atoms with van der Waals surface area (Å²) in [6.45, 7) is 0. The van der Waals surface area contributed by atoms with Crippen LogP contribution in [-0.4, -0.2) is 12.5 Å². The van der Waals surface area contributed by atoms with Crippen molar-refractivity contribution in [2.45, 2.75) is 0 Å².